The molecule has 2 atom stereocenters. The van der Waals surface area contributed by atoms with Gasteiger partial charge in [-0.15, -0.1) is 0 Å². The molecule has 0 saturated heterocycles. The topological polar surface area (TPSA) is 203 Å². The first-order valence-corrected chi connectivity index (χ1v) is 11.9. The molecule has 0 amide bonds. The van der Waals surface area contributed by atoms with Gasteiger partial charge in [0.05, 0.1) is 12.3 Å². The maximum atomic E-state index is 11.6. The van der Waals surface area contributed by atoms with E-state index in [2.05, 4.69) is 23.8 Å². The van der Waals surface area contributed by atoms with Crippen molar-refractivity contribution >= 4 is 50.1 Å². The first kappa shape index (κ1) is 21.2. The molecule has 2 aromatic heterocycles. The lowest BCUT2D eigenvalue weighted by Crippen LogP contribution is -2.07. The average Bonchev–Trinajstić information content (AvgIpc) is 3.14. The average molecular weight is 453 g/mol. The molecule has 0 spiro atoms. The van der Waals surface area contributed by atoms with Crippen LogP contribution in [-0.4, -0.2) is 52.2 Å². The number of aromatic nitrogens is 4. The summed E-state index contributed by atoms with van der Waals surface area (Å²) < 4.78 is 32.2. The quantitative estimate of drug-likeness (QED) is 0.229. The van der Waals surface area contributed by atoms with Crippen LogP contribution in [0.4, 0.5) is 5.82 Å². The molecular weight excluding hydrogens is 436 g/mol. The Balaban J connectivity index is 1.76. The molecule has 0 fully saturated rings. The molecule has 0 aromatic carbocycles. The number of hydrogen-bond acceptors (Lipinski definition) is 10. The van der Waals surface area contributed by atoms with Crippen LogP contribution in [0.1, 0.15) is 12.8 Å². The fourth-order valence-corrected chi connectivity index (χ4v) is 4.79. The van der Waals surface area contributed by atoms with E-state index in [1.54, 1.807) is 10.8 Å². The lowest BCUT2D eigenvalue weighted by Gasteiger charge is -2.15. The molecule has 16 heteroatoms. The number of anilines is 1. The molecule has 2 heterocycles. The van der Waals surface area contributed by atoms with Gasteiger partial charge in [0.15, 0.2) is 22.1 Å². The number of phosphoric ester groups is 1. The molecule has 2 aromatic rings. The zero-order valence-corrected chi connectivity index (χ0v) is 17.0. The number of aliphatic hydroxyl groups excluding tert-OH is 1. The van der Waals surface area contributed by atoms with E-state index in [9.17, 15) is 19.1 Å². The zero-order chi connectivity index (χ0) is 20.7. The van der Waals surface area contributed by atoms with Gasteiger partial charge in [-0.3, -0.25) is 9.09 Å². The van der Waals surface area contributed by atoms with E-state index in [0.29, 0.717) is 22.0 Å². The summed E-state index contributed by atoms with van der Waals surface area (Å²) in [7, 11) is -10.1. The summed E-state index contributed by atoms with van der Waals surface area (Å²) in [4.78, 5) is 39.2. The number of phosphoric acid groups is 2. The zero-order valence-electron chi connectivity index (χ0n) is 14.4. The summed E-state index contributed by atoms with van der Waals surface area (Å²) >= 11 is 1.29. The Morgan fingerprint density at radius 2 is 2.04 bits per heavy atom. The third-order valence-electron chi connectivity index (χ3n) is 3.86. The van der Waals surface area contributed by atoms with Crippen LogP contribution >= 0.6 is 27.4 Å². The molecule has 28 heavy (non-hydrogen) atoms. The molecule has 0 aliphatic heterocycles. The summed E-state index contributed by atoms with van der Waals surface area (Å²) in [6, 6.07) is 0. The second kappa shape index (κ2) is 7.73. The van der Waals surface area contributed by atoms with Crippen LogP contribution in [0.2, 0.25) is 0 Å². The van der Waals surface area contributed by atoms with Gasteiger partial charge in [-0.1, -0.05) is 11.8 Å². The van der Waals surface area contributed by atoms with Crippen molar-refractivity contribution in [1.29, 1.82) is 0 Å². The van der Waals surface area contributed by atoms with Crippen molar-refractivity contribution in [3.05, 3.63) is 12.1 Å². The third-order valence-corrected chi connectivity index (χ3v) is 6.56. The van der Waals surface area contributed by atoms with E-state index in [0.717, 1.165) is 0 Å². The molecule has 0 bridgehead atoms. The Labute approximate surface area is 162 Å². The van der Waals surface area contributed by atoms with Gasteiger partial charge in [0.25, 0.3) is 0 Å². The minimum atomic E-state index is -5.19. The Morgan fingerprint density at radius 3 is 2.68 bits per heavy atom. The Bertz CT molecular complexity index is 1040. The Kier molecular flexibility index (Phi) is 5.86. The van der Waals surface area contributed by atoms with Crippen molar-refractivity contribution in [3.63, 3.8) is 0 Å². The fourth-order valence-electron chi connectivity index (χ4n) is 2.76. The van der Waals surface area contributed by atoms with Crippen LogP contribution in [0.15, 0.2) is 17.2 Å². The Morgan fingerprint density at radius 1 is 1.32 bits per heavy atom. The van der Waals surface area contributed by atoms with Crippen molar-refractivity contribution in [1.82, 2.24) is 19.5 Å². The number of imidazole rings is 1. The van der Waals surface area contributed by atoms with Crippen LogP contribution in [0.3, 0.4) is 0 Å². The number of thioether (sulfide) groups is 1. The number of nitrogens with zero attached hydrogens (tertiary/aromatic N) is 4. The molecule has 0 saturated carbocycles. The van der Waals surface area contributed by atoms with E-state index >= 15 is 0 Å². The molecule has 1 unspecified atom stereocenters. The normalized spacial score (nSPS) is 20.1. The highest BCUT2D eigenvalue weighted by Gasteiger charge is 2.35. The van der Waals surface area contributed by atoms with Crippen molar-refractivity contribution in [2.75, 3.05) is 18.6 Å². The molecule has 0 radical (unpaired) electrons. The lowest BCUT2D eigenvalue weighted by atomic mass is 10.1. The summed E-state index contributed by atoms with van der Waals surface area (Å²) in [5, 5.41) is 10.7. The highest BCUT2D eigenvalue weighted by molar-refractivity contribution is 7.98. The fraction of sp³-hybridized carbons (Fsp3) is 0.417. The molecule has 3 rings (SSSR count). The van der Waals surface area contributed by atoms with Crippen LogP contribution in [0.25, 0.3) is 16.9 Å². The Hall–Kier alpha value is -1.50. The van der Waals surface area contributed by atoms with Crippen LogP contribution < -0.4 is 5.73 Å². The van der Waals surface area contributed by atoms with E-state index in [4.69, 9.17) is 15.5 Å². The summed E-state index contributed by atoms with van der Waals surface area (Å²) in [6.45, 7) is -0.374. The largest absolute Gasteiger partial charge is 0.510 e. The first-order valence-electron chi connectivity index (χ1n) is 7.69. The standard InChI is InChI=1S/C12H17N5O8P2S/c1-28-12-15-10(13)9-11(16-12)17(5-14-9)7-2-6(3-8(7)18)4-24-27(22,23)25-26(19,20)21/h5-6,18H,2-4H2,1H3,(H,22,23)(H2,13,15,16)(H2,19,20,21)/t6-/m0/s1. The van der Waals surface area contributed by atoms with Gasteiger partial charge in [0, 0.05) is 6.42 Å². The number of nitrogen functional groups attached to an aromatic ring is 1. The molecule has 154 valence electrons. The van der Waals surface area contributed by atoms with Gasteiger partial charge in [-0.2, -0.15) is 4.31 Å². The number of allylic oxidation sites excluding steroid dienone is 2. The van der Waals surface area contributed by atoms with E-state index in [1.807, 2.05) is 0 Å². The van der Waals surface area contributed by atoms with Crippen LogP contribution in [0.5, 0.6) is 0 Å². The summed E-state index contributed by atoms with van der Waals surface area (Å²) in [6.07, 6.45) is 3.56. The number of nitrogens with two attached hydrogens (primary N) is 1. The van der Waals surface area contributed by atoms with E-state index in [-0.39, 0.29) is 31.0 Å². The van der Waals surface area contributed by atoms with Crippen molar-refractivity contribution in [2.45, 2.75) is 18.0 Å². The van der Waals surface area contributed by atoms with Gasteiger partial charge in [-0.25, -0.2) is 24.1 Å². The SMILES string of the molecule is CSc1nc(N)c2ncn(C3=C(O)C[C@@H](COP(=O)(O)OP(=O)(O)O)C3)c2n1. The smallest absolute Gasteiger partial charge is 0.481 e. The minimum absolute atomic E-state index is 0.000497. The molecule has 13 nitrogen and oxygen atoms in total. The monoisotopic (exact) mass is 453 g/mol. The summed E-state index contributed by atoms with van der Waals surface area (Å²) in [5.41, 5.74) is 7.10. The van der Waals surface area contributed by atoms with Gasteiger partial charge in [-0.05, 0) is 18.6 Å². The van der Waals surface area contributed by atoms with Gasteiger partial charge in [0.1, 0.15) is 12.1 Å². The molecule has 1 aliphatic rings. The summed E-state index contributed by atoms with van der Waals surface area (Å²) in [5.74, 6) is -0.242. The molecular formula is C12H17N5O8P2S. The van der Waals surface area contributed by atoms with Gasteiger partial charge >= 0.3 is 15.6 Å². The second-order valence-corrected chi connectivity index (χ2v) is 9.49. The highest BCUT2D eigenvalue weighted by atomic mass is 32.2. The van der Waals surface area contributed by atoms with E-state index in [1.165, 1.54) is 18.1 Å². The third kappa shape index (κ3) is 4.73. The first-order chi connectivity index (χ1) is 13.0. The number of hydrogen-bond donors (Lipinski definition) is 5. The van der Waals surface area contributed by atoms with Crippen LogP contribution in [-0.2, 0) is 18.0 Å². The maximum Gasteiger partial charge on any atom is 0.481 e. The van der Waals surface area contributed by atoms with Crippen molar-refractivity contribution in [3.8, 4) is 0 Å². The number of aliphatic hydroxyl groups is 1. The van der Waals surface area contributed by atoms with E-state index < -0.39 is 21.6 Å². The molecule has 6 N–H and O–H groups in total. The van der Waals surface area contributed by atoms with Gasteiger partial charge < -0.3 is 25.5 Å². The maximum absolute atomic E-state index is 11.6. The van der Waals surface area contributed by atoms with Crippen molar-refractivity contribution < 1.29 is 37.8 Å². The number of rotatable bonds is 7. The van der Waals surface area contributed by atoms with Gasteiger partial charge in [0.2, 0.25) is 0 Å². The number of fused-ring (bicyclic) bond motifs is 1. The minimum Gasteiger partial charge on any atom is -0.510 e. The predicted molar refractivity (Wildman–Crippen MR) is 99.0 cm³/mol. The lowest BCUT2D eigenvalue weighted by molar-refractivity contribution is 0.156. The highest BCUT2D eigenvalue weighted by Crippen LogP contribution is 2.58. The second-order valence-electron chi connectivity index (χ2n) is 5.89. The van der Waals surface area contributed by atoms with Crippen molar-refractivity contribution in [2.24, 2.45) is 5.92 Å². The predicted octanol–water partition coefficient (Wildman–Crippen LogP) is 1.49. The van der Waals surface area contributed by atoms with Crippen LogP contribution in [0, 0.1) is 5.92 Å². The molecule has 1 aliphatic carbocycles.